The Labute approximate surface area is 99.4 Å². The molecule has 0 saturated heterocycles. The Balaban J connectivity index is 2.88. The fourth-order valence-electron chi connectivity index (χ4n) is 1.61. The van der Waals surface area contributed by atoms with Gasteiger partial charge in [-0.1, -0.05) is 37.9 Å². The first-order valence-electron chi connectivity index (χ1n) is 5.28. The summed E-state index contributed by atoms with van der Waals surface area (Å²) >= 11 is 5.76. The molecule has 0 bridgehead atoms. The molecule has 0 aromatic heterocycles. The van der Waals surface area contributed by atoms with Gasteiger partial charge in [0, 0.05) is 0 Å². The van der Waals surface area contributed by atoms with Crippen molar-refractivity contribution in [2.75, 3.05) is 0 Å². The van der Waals surface area contributed by atoms with Crippen LogP contribution in [0.3, 0.4) is 0 Å². The van der Waals surface area contributed by atoms with Gasteiger partial charge in [-0.25, -0.2) is 0 Å². The molecule has 1 rings (SSSR count). The van der Waals surface area contributed by atoms with Crippen LogP contribution in [0.2, 0.25) is 5.02 Å². The van der Waals surface area contributed by atoms with Crippen molar-refractivity contribution in [3.8, 4) is 5.75 Å². The zero-order chi connectivity index (χ0) is 12.1. The van der Waals surface area contributed by atoms with Crippen LogP contribution in [0.1, 0.15) is 38.2 Å². The second kappa shape index (κ2) is 6.04. The van der Waals surface area contributed by atoms with E-state index >= 15 is 0 Å². The first-order valence-corrected chi connectivity index (χ1v) is 5.66. The van der Waals surface area contributed by atoms with Gasteiger partial charge in [-0.15, -0.1) is 0 Å². The minimum absolute atomic E-state index is 0.0529. The Hall–Kier alpha value is -0.830. The molecule has 0 aliphatic rings. The molecule has 0 saturated carbocycles. The molecule has 1 nitrogen and oxygen atoms in total. The summed E-state index contributed by atoms with van der Waals surface area (Å²) in [7, 11) is 0. The molecule has 0 spiro atoms. The molecule has 1 unspecified atom stereocenters. The molecule has 0 fully saturated rings. The standard InChI is InChI=1S/C12H15ClF2O/c1-3-4-8(2)9-5-6-10(13)11(7-9)16-12(14)15/h5-8,12H,3-4H2,1-2H3. The third kappa shape index (κ3) is 3.63. The van der Waals surface area contributed by atoms with E-state index in [-0.39, 0.29) is 10.8 Å². The normalized spacial score (nSPS) is 12.9. The first-order chi connectivity index (χ1) is 7.54. The van der Waals surface area contributed by atoms with Crippen molar-refractivity contribution in [2.24, 2.45) is 0 Å². The Kier molecular flexibility index (Phi) is 5.00. The summed E-state index contributed by atoms with van der Waals surface area (Å²) < 4.78 is 28.5. The quantitative estimate of drug-likeness (QED) is 0.724. The van der Waals surface area contributed by atoms with Crippen molar-refractivity contribution in [1.82, 2.24) is 0 Å². The van der Waals surface area contributed by atoms with Gasteiger partial charge in [0.05, 0.1) is 5.02 Å². The molecule has 0 radical (unpaired) electrons. The average molecular weight is 249 g/mol. The number of hydrogen-bond donors (Lipinski definition) is 0. The highest BCUT2D eigenvalue weighted by molar-refractivity contribution is 6.32. The van der Waals surface area contributed by atoms with Gasteiger partial charge in [0.15, 0.2) is 0 Å². The zero-order valence-corrected chi connectivity index (χ0v) is 10.1. The molecule has 4 heteroatoms. The molecule has 0 aliphatic carbocycles. The molecule has 0 N–H and O–H groups in total. The topological polar surface area (TPSA) is 9.23 Å². The van der Waals surface area contributed by atoms with E-state index in [4.69, 9.17) is 11.6 Å². The molecule has 16 heavy (non-hydrogen) atoms. The Bertz CT molecular complexity index is 342. The summed E-state index contributed by atoms with van der Waals surface area (Å²) in [6.45, 7) is 1.30. The van der Waals surface area contributed by atoms with Gasteiger partial charge in [0.25, 0.3) is 0 Å². The molecule has 0 heterocycles. The maximum absolute atomic E-state index is 12.1. The van der Waals surface area contributed by atoms with Crippen molar-refractivity contribution < 1.29 is 13.5 Å². The highest BCUT2D eigenvalue weighted by atomic mass is 35.5. The van der Waals surface area contributed by atoms with E-state index in [0.29, 0.717) is 5.92 Å². The maximum atomic E-state index is 12.1. The van der Waals surface area contributed by atoms with Crippen LogP contribution in [0.5, 0.6) is 5.75 Å². The van der Waals surface area contributed by atoms with Gasteiger partial charge in [-0.2, -0.15) is 8.78 Å². The van der Waals surface area contributed by atoms with Crippen LogP contribution in [0.15, 0.2) is 18.2 Å². The van der Waals surface area contributed by atoms with Crippen molar-refractivity contribution in [1.29, 1.82) is 0 Å². The maximum Gasteiger partial charge on any atom is 0.387 e. The van der Waals surface area contributed by atoms with Crippen LogP contribution in [-0.4, -0.2) is 6.61 Å². The molecular weight excluding hydrogens is 234 g/mol. The number of rotatable bonds is 5. The highest BCUT2D eigenvalue weighted by Crippen LogP contribution is 2.31. The molecule has 1 atom stereocenters. The number of alkyl halides is 2. The van der Waals surface area contributed by atoms with Crippen LogP contribution in [0.4, 0.5) is 8.78 Å². The Morgan fingerprint density at radius 3 is 2.62 bits per heavy atom. The third-order valence-corrected chi connectivity index (χ3v) is 2.77. The molecular formula is C12H15ClF2O. The fourth-order valence-corrected chi connectivity index (χ4v) is 1.77. The van der Waals surface area contributed by atoms with Gasteiger partial charge in [-0.05, 0) is 30.0 Å². The third-order valence-electron chi connectivity index (χ3n) is 2.46. The van der Waals surface area contributed by atoms with Gasteiger partial charge in [0.2, 0.25) is 0 Å². The van der Waals surface area contributed by atoms with Gasteiger partial charge < -0.3 is 4.74 Å². The zero-order valence-electron chi connectivity index (χ0n) is 9.34. The predicted molar refractivity (Wildman–Crippen MR) is 61.4 cm³/mol. The van der Waals surface area contributed by atoms with Crippen molar-refractivity contribution in [2.45, 2.75) is 39.2 Å². The molecule has 0 aliphatic heterocycles. The monoisotopic (exact) mass is 248 g/mol. The van der Waals surface area contributed by atoms with Gasteiger partial charge >= 0.3 is 6.61 Å². The average Bonchev–Trinajstić information content (AvgIpc) is 2.21. The van der Waals surface area contributed by atoms with E-state index in [1.807, 2.05) is 6.07 Å². The summed E-state index contributed by atoms with van der Waals surface area (Å²) in [6, 6.07) is 5.04. The summed E-state index contributed by atoms with van der Waals surface area (Å²) in [5, 5.41) is 0.216. The lowest BCUT2D eigenvalue weighted by atomic mass is 9.96. The van der Waals surface area contributed by atoms with E-state index in [2.05, 4.69) is 18.6 Å². The molecule has 0 amide bonds. The second-order valence-corrected chi connectivity index (χ2v) is 4.17. The van der Waals surface area contributed by atoms with E-state index < -0.39 is 6.61 Å². The largest absolute Gasteiger partial charge is 0.433 e. The Morgan fingerprint density at radius 2 is 2.06 bits per heavy atom. The predicted octanol–water partition coefficient (Wildman–Crippen LogP) is 4.85. The molecule has 1 aromatic rings. The minimum atomic E-state index is -2.84. The lowest BCUT2D eigenvalue weighted by Gasteiger charge is -2.13. The molecule has 90 valence electrons. The molecule has 1 aromatic carbocycles. The summed E-state index contributed by atoms with van der Waals surface area (Å²) in [4.78, 5) is 0. The van der Waals surface area contributed by atoms with Crippen LogP contribution in [0.25, 0.3) is 0 Å². The Morgan fingerprint density at radius 1 is 1.38 bits per heavy atom. The van der Waals surface area contributed by atoms with E-state index in [1.165, 1.54) is 0 Å². The SMILES string of the molecule is CCCC(C)c1ccc(Cl)c(OC(F)F)c1. The first kappa shape index (κ1) is 13.2. The summed E-state index contributed by atoms with van der Waals surface area (Å²) in [5.74, 6) is 0.374. The van der Waals surface area contributed by atoms with E-state index in [0.717, 1.165) is 18.4 Å². The van der Waals surface area contributed by atoms with Gasteiger partial charge in [0.1, 0.15) is 5.75 Å². The van der Waals surface area contributed by atoms with Crippen LogP contribution in [0, 0.1) is 0 Å². The lowest BCUT2D eigenvalue weighted by Crippen LogP contribution is -2.03. The van der Waals surface area contributed by atoms with Crippen LogP contribution in [-0.2, 0) is 0 Å². The minimum Gasteiger partial charge on any atom is -0.433 e. The highest BCUT2D eigenvalue weighted by Gasteiger charge is 2.12. The fraction of sp³-hybridized carbons (Fsp3) is 0.500. The van der Waals surface area contributed by atoms with Crippen molar-refractivity contribution >= 4 is 11.6 Å². The lowest BCUT2D eigenvalue weighted by molar-refractivity contribution is -0.0498. The summed E-state index contributed by atoms with van der Waals surface area (Å²) in [6.07, 6.45) is 2.06. The number of hydrogen-bond acceptors (Lipinski definition) is 1. The number of benzene rings is 1. The van der Waals surface area contributed by atoms with Crippen LogP contribution >= 0.6 is 11.6 Å². The van der Waals surface area contributed by atoms with Crippen molar-refractivity contribution in [3.63, 3.8) is 0 Å². The van der Waals surface area contributed by atoms with E-state index in [9.17, 15) is 8.78 Å². The van der Waals surface area contributed by atoms with Crippen molar-refractivity contribution in [3.05, 3.63) is 28.8 Å². The summed E-state index contributed by atoms with van der Waals surface area (Å²) in [5.41, 5.74) is 0.974. The van der Waals surface area contributed by atoms with Gasteiger partial charge in [-0.3, -0.25) is 0 Å². The number of ether oxygens (including phenoxy) is 1. The second-order valence-electron chi connectivity index (χ2n) is 3.76. The van der Waals surface area contributed by atoms with Crippen LogP contribution < -0.4 is 4.74 Å². The smallest absolute Gasteiger partial charge is 0.387 e. The number of halogens is 3. The van der Waals surface area contributed by atoms with E-state index in [1.54, 1.807) is 12.1 Å².